The van der Waals surface area contributed by atoms with E-state index in [-0.39, 0.29) is 0 Å². The molecule has 0 fully saturated rings. The van der Waals surface area contributed by atoms with Crippen LogP contribution >= 0.6 is 11.6 Å². The highest BCUT2D eigenvalue weighted by Crippen LogP contribution is 2.30. The Labute approximate surface area is 140 Å². The van der Waals surface area contributed by atoms with Crippen LogP contribution in [0.5, 0.6) is 5.75 Å². The summed E-state index contributed by atoms with van der Waals surface area (Å²) in [6.07, 6.45) is 0.968. The monoisotopic (exact) mass is 321 g/mol. The van der Waals surface area contributed by atoms with Crippen LogP contribution in [-0.2, 0) is 6.42 Å². The molecule has 23 heavy (non-hydrogen) atoms. The predicted molar refractivity (Wildman–Crippen MR) is 96.2 cm³/mol. The quantitative estimate of drug-likeness (QED) is 0.658. The number of hydrogen-bond donors (Lipinski definition) is 0. The van der Waals surface area contributed by atoms with Gasteiger partial charge in [0.25, 0.3) is 0 Å². The predicted octanol–water partition coefficient (Wildman–Crippen LogP) is 4.90. The Hall–Kier alpha value is -2.32. The Morgan fingerprint density at radius 1 is 1.00 bits per heavy atom. The fraction of sp³-hybridized carbons (Fsp3) is 0.150. The molecule has 1 heterocycles. The number of halogens is 1. The van der Waals surface area contributed by atoms with Crippen molar-refractivity contribution >= 4 is 28.1 Å². The second-order valence-electron chi connectivity index (χ2n) is 5.67. The Kier molecular flexibility index (Phi) is 3.55. The van der Waals surface area contributed by atoms with E-state index in [0.29, 0.717) is 0 Å². The lowest BCUT2D eigenvalue weighted by molar-refractivity contribution is 0.415. The Balaban J connectivity index is 1.88. The lowest BCUT2D eigenvalue weighted by atomic mass is 9.89. The Morgan fingerprint density at radius 3 is 2.61 bits per heavy atom. The maximum Gasteiger partial charge on any atom is 0.119 e. The topological polar surface area (TPSA) is 21.6 Å². The first-order chi connectivity index (χ1) is 11.3. The fourth-order valence-electron chi connectivity index (χ4n) is 3.21. The van der Waals surface area contributed by atoms with Crippen LogP contribution in [0.15, 0.2) is 59.6 Å². The summed E-state index contributed by atoms with van der Waals surface area (Å²) in [4.78, 5) is 4.76. The van der Waals surface area contributed by atoms with Crippen molar-refractivity contribution in [2.75, 3.05) is 13.7 Å². The zero-order valence-electron chi connectivity index (χ0n) is 12.8. The second-order valence-corrected chi connectivity index (χ2v) is 6.10. The maximum atomic E-state index is 6.01. The van der Waals surface area contributed by atoms with Gasteiger partial charge in [-0.3, -0.25) is 4.99 Å². The van der Waals surface area contributed by atoms with Crippen molar-refractivity contribution in [1.29, 1.82) is 0 Å². The van der Waals surface area contributed by atoms with E-state index in [9.17, 15) is 0 Å². The van der Waals surface area contributed by atoms with Gasteiger partial charge in [-0.25, -0.2) is 0 Å². The van der Waals surface area contributed by atoms with Gasteiger partial charge in [-0.05, 0) is 47.0 Å². The van der Waals surface area contributed by atoms with Gasteiger partial charge in [-0.15, -0.1) is 0 Å². The molecule has 3 aromatic carbocycles. The van der Waals surface area contributed by atoms with E-state index in [2.05, 4.69) is 24.3 Å². The zero-order valence-corrected chi connectivity index (χ0v) is 13.6. The molecule has 0 N–H and O–H groups in total. The summed E-state index contributed by atoms with van der Waals surface area (Å²) in [5.41, 5.74) is 4.75. The third-order valence-corrected chi connectivity index (χ3v) is 4.60. The number of nitrogens with zero attached hydrogens (tertiary/aromatic N) is 1. The zero-order chi connectivity index (χ0) is 15.8. The Bertz CT molecular complexity index is 913. The van der Waals surface area contributed by atoms with E-state index in [1.807, 2.05) is 30.3 Å². The van der Waals surface area contributed by atoms with Crippen LogP contribution in [0.3, 0.4) is 0 Å². The van der Waals surface area contributed by atoms with Gasteiger partial charge in [0.15, 0.2) is 0 Å². The van der Waals surface area contributed by atoms with E-state index < -0.39 is 0 Å². The van der Waals surface area contributed by atoms with Crippen molar-refractivity contribution in [3.8, 4) is 5.75 Å². The van der Waals surface area contributed by atoms with Crippen LogP contribution < -0.4 is 4.74 Å². The number of methoxy groups -OCH3 is 1. The molecule has 0 unspecified atom stereocenters. The van der Waals surface area contributed by atoms with Gasteiger partial charge in [0, 0.05) is 22.7 Å². The molecule has 0 saturated heterocycles. The van der Waals surface area contributed by atoms with Crippen molar-refractivity contribution < 1.29 is 4.74 Å². The number of rotatable bonds is 2. The smallest absolute Gasteiger partial charge is 0.119 e. The minimum atomic E-state index is 0.746. The number of benzene rings is 3. The summed E-state index contributed by atoms with van der Waals surface area (Å²) in [6, 6.07) is 18.5. The fourth-order valence-corrected chi connectivity index (χ4v) is 3.34. The first kappa shape index (κ1) is 14.3. The van der Waals surface area contributed by atoms with Gasteiger partial charge >= 0.3 is 0 Å². The number of ether oxygens (including phenoxy) is 1. The molecular weight excluding hydrogens is 306 g/mol. The van der Waals surface area contributed by atoms with Gasteiger partial charge in [0.1, 0.15) is 5.75 Å². The van der Waals surface area contributed by atoms with Crippen molar-refractivity contribution in [3.05, 3.63) is 76.3 Å². The molecule has 0 bridgehead atoms. The highest BCUT2D eigenvalue weighted by molar-refractivity contribution is 6.30. The lowest BCUT2D eigenvalue weighted by Crippen LogP contribution is -2.14. The third kappa shape index (κ3) is 2.49. The van der Waals surface area contributed by atoms with Crippen molar-refractivity contribution in [1.82, 2.24) is 0 Å². The van der Waals surface area contributed by atoms with Gasteiger partial charge in [-0.1, -0.05) is 41.9 Å². The van der Waals surface area contributed by atoms with Crippen LogP contribution in [0, 0.1) is 0 Å². The second kappa shape index (κ2) is 5.71. The van der Waals surface area contributed by atoms with E-state index in [1.54, 1.807) is 7.11 Å². The number of aliphatic imine (C=N–C) groups is 1. The molecule has 2 nitrogen and oxygen atoms in total. The largest absolute Gasteiger partial charge is 0.497 e. The molecule has 0 aliphatic carbocycles. The standard InChI is InChI=1S/C20H16ClNO/c1-23-16-7-9-17-14(12-16)4-8-19-18(17)10-11-22-20(19)13-2-5-15(21)6-3-13/h2-9,12H,10-11H2,1H3. The van der Waals surface area contributed by atoms with Gasteiger partial charge in [0.05, 0.1) is 12.8 Å². The average molecular weight is 322 g/mol. The lowest BCUT2D eigenvalue weighted by Gasteiger charge is -2.19. The summed E-state index contributed by atoms with van der Waals surface area (Å²) < 4.78 is 5.33. The molecule has 1 aliphatic heterocycles. The average Bonchev–Trinajstić information content (AvgIpc) is 2.61. The molecule has 0 radical (unpaired) electrons. The van der Waals surface area contributed by atoms with Crippen LogP contribution in [0.1, 0.15) is 16.7 Å². The molecule has 4 rings (SSSR count). The molecule has 3 aromatic rings. The highest BCUT2D eigenvalue weighted by Gasteiger charge is 2.18. The van der Waals surface area contributed by atoms with Crippen molar-refractivity contribution in [2.45, 2.75) is 6.42 Å². The van der Waals surface area contributed by atoms with Gasteiger partial charge in [-0.2, -0.15) is 0 Å². The molecular formula is C20H16ClNO. The summed E-state index contributed by atoms with van der Waals surface area (Å²) in [5.74, 6) is 0.889. The van der Waals surface area contributed by atoms with Gasteiger partial charge in [0.2, 0.25) is 0 Å². The Morgan fingerprint density at radius 2 is 1.83 bits per heavy atom. The van der Waals surface area contributed by atoms with E-state index in [0.717, 1.165) is 35.0 Å². The van der Waals surface area contributed by atoms with E-state index in [1.165, 1.54) is 21.9 Å². The summed E-state index contributed by atoms with van der Waals surface area (Å²) >= 11 is 6.01. The molecule has 0 aromatic heterocycles. The summed E-state index contributed by atoms with van der Waals surface area (Å²) in [6.45, 7) is 0.816. The molecule has 0 atom stereocenters. The van der Waals surface area contributed by atoms with Crippen LogP contribution in [0.2, 0.25) is 5.02 Å². The normalized spacial score (nSPS) is 13.6. The number of fused-ring (bicyclic) bond motifs is 3. The van der Waals surface area contributed by atoms with E-state index in [4.69, 9.17) is 21.3 Å². The maximum absolute atomic E-state index is 6.01. The number of hydrogen-bond acceptors (Lipinski definition) is 2. The van der Waals surface area contributed by atoms with Crippen LogP contribution in [-0.4, -0.2) is 19.4 Å². The minimum absolute atomic E-state index is 0.746. The molecule has 0 saturated carbocycles. The molecule has 0 amide bonds. The molecule has 3 heteroatoms. The molecule has 1 aliphatic rings. The summed E-state index contributed by atoms with van der Waals surface area (Å²) in [5, 5.41) is 3.24. The molecule has 114 valence electrons. The van der Waals surface area contributed by atoms with Crippen LogP contribution in [0.25, 0.3) is 10.8 Å². The summed E-state index contributed by atoms with van der Waals surface area (Å²) in [7, 11) is 1.70. The molecule has 0 spiro atoms. The SMILES string of the molecule is COc1ccc2c3c(ccc2c1)C(c1ccc(Cl)cc1)=NCC3. The first-order valence-electron chi connectivity index (χ1n) is 7.66. The minimum Gasteiger partial charge on any atom is -0.497 e. The van der Waals surface area contributed by atoms with Crippen LogP contribution in [0.4, 0.5) is 0 Å². The van der Waals surface area contributed by atoms with Gasteiger partial charge < -0.3 is 4.74 Å². The first-order valence-corrected chi connectivity index (χ1v) is 8.04. The van der Waals surface area contributed by atoms with Crippen molar-refractivity contribution in [2.24, 2.45) is 4.99 Å². The van der Waals surface area contributed by atoms with Crippen molar-refractivity contribution in [3.63, 3.8) is 0 Å². The van der Waals surface area contributed by atoms with E-state index >= 15 is 0 Å². The highest BCUT2D eigenvalue weighted by atomic mass is 35.5. The third-order valence-electron chi connectivity index (χ3n) is 4.34.